The molecule has 1 heterocycles. The van der Waals surface area contributed by atoms with Crippen molar-refractivity contribution < 1.29 is 0 Å². The summed E-state index contributed by atoms with van der Waals surface area (Å²) >= 11 is 1.78. The highest BCUT2D eigenvalue weighted by atomic mass is 32.1. The number of nitrogens with zero attached hydrogens (tertiary/aromatic N) is 1. The lowest BCUT2D eigenvalue weighted by molar-refractivity contribution is 0.491. The quantitative estimate of drug-likeness (QED) is 0.873. The predicted octanol–water partition coefficient (Wildman–Crippen LogP) is 3.38. The first-order valence-electron chi connectivity index (χ1n) is 6.79. The molecule has 0 aliphatic heterocycles. The number of hydrogen-bond donors (Lipinski definition) is 1. The molecule has 0 fully saturated rings. The average Bonchev–Trinajstić information content (AvgIpc) is 2.78. The molecule has 0 bridgehead atoms. The zero-order valence-corrected chi connectivity index (χ0v) is 12.8. The summed E-state index contributed by atoms with van der Waals surface area (Å²) in [7, 11) is 2.03. The minimum Gasteiger partial charge on any atom is -0.319 e. The summed E-state index contributed by atoms with van der Waals surface area (Å²) in [6.07, 6.45) is 2.18. The van der Waals surface area contributed by atoms with Gasteiger partial charge in [-0.25, -0.2) is 4.98 Å². The van der Waals surface area contributed by atoms with Gasteiger partial charge in [0.2, 0.25) is 0 Å². The summed E-state index contributed by atoms with van der Waals surface area (Å²) in [6.45, 7) is 5.29. The molecule has 0 amide bonds. The van der Waals surface area contributed by atoms with Gasteiger partial charge in [-0.15, -0.1) is 11.3 Å². The van der Waals surface area contributed by atoms with Gasteiger partial charge >= 0.3 is 0 Å². The van der Waals surface area contributed by atoms with Gasteiger partial charge in [-0.05, 0) is 50.9 Å². The van der Waals surface area contributed by atoms with Crippen LogP contribution in [0.3, 0.4) is 0 Å². The second-order valence-corrected chi connectivity index (χ2v) is 6.08. The molecule has 1 aromatic heterocycles. The Morgan fingerprint density at radius 1 is 1.21 bits per heavy atom. The minimum atomic E-state index is 0.608. The number of aromatic nitrogens is 1. The molecule has 1 aromatic carbocycles. The SMILES string of the molecule is CNCC(Cc1nc(C)cs1)Cc1ccccc1C. The van der Waals surface area contributed by atoms with Crippen LogP contribution >= 0.6 is 11.3 Å². The van der Waals surface area contributed by atoms with Crippen molar-refractivity contribution in [3.8, 4) is 0 Å². The van der Waals surface area contributed by atoms with Crippen LogP contribution in [0.1, 0.15) is 21.8 Å². The van der Waals surface area contributed by atoms with Gasteiger partial charge in [0.25, 0.3) is 0 Å². The van der Waals surface area contributed by atoms with Crippen molar-refractivity contribution >= 4 is 11.3 Å². The van der Waals surface area contributed by atoms with Crippen LogP contribution in [0.2, 0.25) is 0 Å². The molecule has 102 valence electrons. The van der Waals surface area contributed by atoms with Crippen molar-refractivity contribution in [2.24, 2.45) is 5.92 Å². The Bertz CT molecular complexity index is 519. The van der Waals surface area contributed by atoms with Gasteiger partial charge in [0.15, 0.2) is 0 Å². The van der Waals surface area contributed by atoms with E-state index in [9.17, 15) is 0 Å². The Hall–Kier alpha value is -1.19. The standard InChI is InChI=1S/C16H22N2S/c1-12-6-4-5-7-15(12)8-14(10-17-3)9-16-18-13(2)11-19-16/h4-7,11,14,17H,8-10H2,1-3H3. The Balaban J connectivity index is 2.06. The van der Waals surface area contributed by atoms with Gasteiger partial charge in [-0.1, -0.05) is 24.3 Å². The molecule has 0 saturated heterocycles. The van der Waals surface area contributed by atoms with Crippen molar-refractivity contribution in [2.45, 2.75) is 26.7 Å². The van der Waals surface area contributed by atoms with E-state index in [4.69, 9.17) is 0 Å². The molecule has 0 aliphatic rings. The van der Waals surface area contributed by atoms with E-state index >= 15 is 0 Å². The predicted molar refractivity (Wildman–Crippen MR) is 82.9 cm³/mol. The number of thiazole rings is 1. The van der Waals surface area contributed by atoms with E-state index in [1.165, 1.54) is 16.1 Å². The number of hydrogen-bond acceptors (Lipinski definition) is 3. The number of rotatable bonds is 6. The summed E-state index contributed by atoms with van der Waals surface area (Å²) in [6, 6.07) is 8.67. The second kappa shape index (κ2) is 6.83. The van der Waals surface area contributed by atoms with E-state index in [2.05, 4.69) is 53.8 Å². The Labute approximate surface area is 119 Å². The third-order valence-corrected chi connectivity index (χ3v) is 4.38. The number of nitrogens with one attached hydrogen (secondary N) is 1. The van der Waals surface area contributed by atoms with E-state index in [-0.39, 0.29) is 0 Å². The van der Waals surface area contributed by atoms with Crippen molar-refractivity contribution in [1.82, 2.24) is 10.3 Å². The van der Waals surface area contributed by atoms with Crippen molar-refractivity contribution in [1.29, 1.82) is 0 Å². The van der Waals surface area contributed by atoms with Crippen LogP contribution in [0.4, 0.5) is 0 Å². The summed E-state index contributed by atoms with van der Waals surface area (Å²) < 4.78 is 0. The third kappa shape index (κ3) is 4.15. The Morgan fingerprint density at radius 2 is 2.00 bits per heavy atom. The minimum absolute atomic E-state index is 0.608. The second-order valence-electron chi connectivity index (χ2n) is 5.14. The maximum Gasteiger partial charge on any atom is 0.0931 e. The van der Waals surface area contributed by atoms with Gasteiger partial charge in [-0.2, -0.15) is 0 Å². The molecule has 1 unspecified atom stereocenters. The van der Waals surface area contributed by atoms with Gasteiger partial charge in [-0.3, -0.25) is 0 Å². The maximum atomic E-state index is 4.59. The first-order valence-corrected chi connectivity index (χ1v) is 7.67. The normalized spacial score (nSPS) is 12.6. The fourth-order valence-corrected chi connectivity index (χ4v) is 3.29. The van der Waals surface area contributed by atoms with Crippen LogP contribution in [-0.4, -0.2) is 18.6 Å². The molecule has 0 aliphatic carbocycles. The summed E-state index contributed by atoms with van der Waals surface area (Å²) in [5.74, 6) is 0.608. The van der Waals surface area contributed by atoms with E-state index < -0.39 is 0 Å². The molecule has 1 atom stereocenters. The zero-order chi connectivity index (χ0) is 13.7. The lowest BCUT2D eigenvalue weighted by Gasteiger charge is -2.16. The van der Waals surface area contributed by atoms with Crippen LogP contribution in [-0.2, 0) is 12.8 Å². The highest BCUT2D eigenvalue weighted by Crippen LogP contribution is 2.19. The highest BCUT2D eigenvalue weighted by molar-refractivity contribution is 7.09. The highest BCUT2D eigenvalue weighted by Gasteiger charge is 2.13. The smallest absolute Gasteiger partial charge is 0.0931 e. The third-order valence-electron chi connectivity index (χ3n) is 3.39. The maximum absolute atomic E-state index is 4.59. The molecule has 2 aromatic rings. The zero-order valence-electron chi connectivity index (χ0n) is 11.9. The molecule has 1 N–H and O–H groups in total. The van der Waals surface area contributed by atoms with Crippen LogP contribution in [0.25, 0.3) is 0 Å². The molecule has 19 heavy (non-hydrogen) atoms. The number of aryl methyl sites for hydroxylation is 2. The van der Waals surface area contributed by atoms with E-state index in [1.807, 2.05) is 7.05 Å². The Morgan fingerprint density at radius 3 is 2.63 bits per heavy atom. The number of benzene rings is 1. The summed E-state index contributed by atoms with van der Waals surface area (Å²) in [5, 5.41) is 6.71. The molecule has 2 rings (SSSR count). The molecule has 3 heteroatoms. The van der Waals surface area contributed by atoms with E-state index in [0.29, 0.717) is 5.92 Å². The monoisotopic (exact) mass is 274 g/mol. The molecule has 0 spiro atoms. The van der Waals surface area contributed by atoms with Gasteiger partial charge in [0.1, 0.15) is 0 Å². The molecule has 0 saturated carbocycles. The summed E-state index contributed by atoms with van der Waals surface area (Å²) in [4.78, 5) is 4.59. The van der Waals surface area contributed by atoms with Crippen LogP contribution in [0.5, 0.6) is 0 Å². The van der Waals surface area contributed by atoms with Gasteiger partial charge in [0, 0.05) is 17.5 Å². The molecule has 0 radical (unpaired) electrons. The lowest BCUT2D eigenvalue weighted by Crippen LogP contribution is -2.23. The van der Waals surface area contributed by atoms with Gasteiger partial charge < -0.3 is 5.32 Å². The fourth-order valence-electron chi connectivity index (χ4n) is 2.40. The average molecular weight is 274 g/mol. The molecular weight excluding hydrogens is 252 g/mol. The van der Waals surface area contributed by atoms with Crippen LogP contribution < -0.4 is 5.32 Å². The molecular formula is C16H22N2S. The molecule has 2 nitrogen and oxygen atoms in total. The Kier molecular flexibility index (Phi) is 5.11. The fraction of sp³-hybridized carbons (Fsp3) is 0.438. The van der Waals surface area contributed by atoms with Crippen LogP contribution in [0.15, 0.2) is 29.6 Å². The van der Waals surface area contributed by atoms with Crippen molar-refractivity contribution in [3.63, 3.8) is 0 Å². The largest absolute Gasteiger partial charge is 0.319 e. The van der Waals surface area contributed by atoms with Crippen LogP contribution in [0, 0.1) is 19.8 Å². The first-order chi connectivity index (χ1) is 9.19. The van der Waals surface area contributed by atoms with E-state index in [0.717, 1.165) is 25.1 Å². The van der Waals surface area contributed by atoms with Crippen molar-refractivity contribution in [3.05, 3.63) is 51.5 Å². The summed E-state index contributed by atoms with van der Waals surface area (Å²) in [5.41, 5.74) is 3.98. The van der Waals surface area contributed by atoms with Crippen molar-refractivity contribution in [2.75, 3.05) is 13.6 Å². The first kappa shape index (κ1) is 14.2. The lowest BCUT2D eigenvalue weighted by atomic mass is 9.94. The van der Waals surface area contributed by atoms with Gasteiger partial charge in [0.05, 0.1) is 5.01 Å². The van der Waals surface area contributed by atoms with E-state index in [1.54, 1.807) is 11.3 Å². The topological polar surface area (TPSA) is 24.9 Å².